The van der Waals surface area contributed by atoms with E-state index in [1.54, 1.807) is 0 Å². The van der Waals surface area contributed by atoms with Gasteiger partial charge < -0.3 is 4.57 Å². The molecule has 0 saturated heterocycles. The molecule has 0 aliphatic heterocycles. The Morgan fingerprint density at radius 2 is 0.882 bits per heavy atom. The predicted octanol–water partition coefficient (Wildman–Crippen LogP) is 12.5. The molecule has 51 heavy (non-hydrogen) atoms. The Balaban J connectivity index is 1.40. The van der Waals surface area contributed by atoms with Gasteiger partial charge in [-0.2, -0.15) is 0 Å². The molecule has 238 valence electrons. The third kappa shape index (κ3) is 5.44. The number of hydrogen-bond donors (Lipinski definition) is 0. The molecule has 0 radical (unpaired) electrons. The summed E-state index contributed by atoms with van der Waals surface area (Å²) in [6, 6.07) is 62.7. The zero-order chi connectivity index (χ0) is 34.1. The monoisotopic (exact) mass is 650 g/mol. The minimum absolute atomic E-state index is 0.622. The molecule has 0 N–H and O–H groups in total. The van der Waals surface area contributed by atoms with Crippen molar-refractivity contribution >= 4 is 27.5 Å². The van der Waals surface area contributed by atoms with Crippen LogP contribution in [-0.4, -0.2) is 14.5 Å². The number of para-hydroxylation sites is 1. The van der Waals surface area contributed by atoms with Crippen LogP contribution in [0.15, 0.2) is 182 Å². The molecule has 0 aliphatic rings. The Bertz CT molecular complexity index is 2610. The van der Waals surface area contributed by atoms with Crippen LogP contribution in [0, 0.1) is 6.57 Å². The highest BCUT2D eigenvalue weighted by atomic mass is 15.0. The van der Waals surface area contributed by atoms with E-state index in [9.17, 15) is 0 Å². The molecule has 2 aromatic heterocycles. The molecular weight excluding hydrogens is 621 g/mol. The van der Waals surface area contributed by atoms with E-state index in [1.165, 1.54) is 0 Å². The normalized spacial score (nSPS) is 11.1. The van der Waals surface area contributed by atoms with Crippen LogP contribution in [0.4, 0.5) is 5.69 Å². The topological polar surface area (TPSA) is 35.1 Å². The third-order valence-corrected chi connectivity index (χ3v) is 9.41. The molecule has 9 aromatic rings. The Hall–Kier alpha value is -7.09. The minimum atomic E-state index is 0.622. The van der Waals surface area contributed by atoms with Crippen LogP contribution in [0.5, 0.6) is 0 Å². The molecule has 0 saturated carbocycles. The summed E-state index contributed by atoms with van der Waals surface area (Å²) in [6.45, 7) is 7.74. The summed E-state index contributed by atoms with van der Waals surface area (Å²) in [5.74, 6) is 0.653. The van der Waals surface area contributed by atoms with Gasteiger partial charge in [0.1, 0.15) is 0 Å². The lowest BCUT2D eigenvalue weighted by Crippen LogP contribution is -2.03. The van der Waals surface area contributed by atoms with E-state index >= 15 is 0 Å². The van der Waals surface area contributed by atoms with Crippen molar-refractivity contribution < 1.29 is 0 Å². The zero-order valence-electron chi connectivity index (χ0n) is 27.6. The summed E-state index contributed by atoms with van der Waals surface area (Å²) in [4.78, 5) is 14.2. The Morgan fingerprint density at radius 1 is 0.412 bits per heavy atom. The molecule has 2 heterocycles. The summed E-state index contributed by atoms with van der Waals surface area (Å²) in [5.41, 5.74) is 12.8. The van der Waals surface area contributed by atoms with Crippen molar-refractivity contribution in [3.8, 4) is 61.8 Å². The third-order valence-electron chi connectivity index (χ3n) is 9.41. The van der Waals surface area contributed by atoms with Gasteiger partial charge >= 0.3 is 0 Å². The van der Waals surface area contributed by atoms with Crippen molar-refractivity contribution in [3.05, 3.63) is 193 Å². The second-order valence-corrected chi connectivity index (χ2v) is 12.5. The number of hydrogen-bond acceptors (Lipinski definition) is 2. The van der Waals surface area contributed by atoms with Gasteiger partial charge in [-0.15, -0.1) is 0 Å². The Morgan fingerprint density at radius 3 is 1.41 bits per heavy atom. The van der Waals surface area contributed by atoms with Crippen LogP contribution >= 0.6 is 0 Å². The number of fused-ring (bicyclic) bond motifs is 3. The molecule has 0 fully saturated rings. The van der Waals surface area contributed by atoms with Crippen LogP contribution in [0.25, 0.3) is 88.5 Å². The summed E-state index contributed by atoms with van der Waals surface area (Å²) >= 11 is 0. The van der Waals surface area contributed by atoms with E-state index in [1.807, 2.05) is 48.5 Å². The molecule has 0 aliphatic carbocycles. The summed E-state index contributed by atoms with van der Waals surface area (Å²) in [6.07, 6.45) is 0. The summed E-state index contributed by atoms with van der Waals surface area (Å²) in [5, 5.41) is 2.15. The second-order valence-electron chi connectivity index (χ2n) is 12.5. The first kappa shape index (κ1) is 30.0. The predicted molar refractivity (Wildman–Crippen MR) is 210 cm³/mol. The van der Waals surface area contributed by atoms with Crippen molar-refractivity contribution in [1.82, 2.24) is 14.5 Å². The summed E-state index contributed by atoms with van der Waals surface area (Å²) in [7, 11) is 0. The molecule has 0 bridgehead atoms. The highest BCUT2D eigenvalue weighted by Gasteiger charge is 2.22. The molecule has 4 nitrogen and oxygen atoms in total. The van der Waals surface area contributed by atoms with Gasteiger partial charge in [0.05, 0.1) is 34.7 Å². The molecule has 9 rings (SSSR count). The average Bonchev–Trinajstić information content (AvgIpc) is 3.54. The smallest absolute Gasteiger partial charge is 0.188 e. The van der Waals surface area contributed by atoms with Crippen LogP contribution in [0.2, 0.25) is 0 Å². The van der Waals surface area contributed by atoms with Crippen molar-refractivity contribution in [3.63, 3.8) is 0 Å². The highest BCUT2D eigenvalue weighted by molar-refractivity contribution is 6.11. The number of rotatable bonds is 6. The highest BCUT2D eigenvalue weighted by Crippen LogP contribution is 2.44. The minimum Gasteiger partial charge on any atom is -0.308 e. The van der Waals surface area contributed by atoms with Gasteiger partial charge in [-0.05, 0) is 52.9 Å². The van der Waals surface area contributed by atoms with Crippen molar-refractivity contribution in [2.45, 2.75) is 0 Å². The number of nitrogens with zero attached hydrogens (tertiary/aromatic N) is 4. The Kier molecular flexibility index (Phi) is 7.50. The van der Waals surface area contributed by atoms with Gasteiger partial charge in [-0.3, -0.25) is 0 Å². The van der Waals surface area contributed by atoms with Gasteiger partial charge in [0.25, 0.3) is 0 Å². The first-order valence-electron chi connectivity index (χ1n) is 17.0. The molecule has 0 amide bonds. The van der Waals surface area contributed by atoms with E-state index < -0.39 is 0 Å². The molecule has 0 unspecified atom stereocenters. The fourth-order valence-electron chi connectivity index (χ4n) is 7.04. The molecular formula is C47H30N4. The van der Waals surface area contributed by atoms with Crippen LogP contribution < -0.4 is 0 Å². The maximum Gasteiger partial charge on any atom is 0.188 e. The molecule has 0 atom stereocenters. The zero-order valence-corrected chi connectivity index (χ0v) is 27.6. The van der Waals surface area contributed by atoms with Crippen molar-refractivity contribution in [1.29, 1.82) is 0 Å². The SMILES string of the molecule is [C-]#[N+]c1ccc2c(c1)c1ccccc1n2-c1c(-c2ccccc2)cc(-c2nc(-c3ccccc3)cc(-c3ccccc3)n2)cc1-c1ccccc1. The van der Waals surface area contributed by atoms with Crippen molar-refractivity contribution in [2.24, 2.45) is 0 Å². The van der Waals surface area contributed by atoms with Gasteiger partial charge in [0.2, 0.25) is 0 Å². The first-order chi connectivity index (χ1) is 25.2. The fourth-order valence-corrected chi connectivity index (χ4v) is 7.04. The van der Waals surface area contributed by atoms with Gasteiger partial charge in [0.15, 0.2) is 11.5 Å². The van der Waals surface area contributed by atoms with Gasteiger partial charge in [0, 0.05) is 33.2 Å². The van der Waals surface area contributed by atoms with Gasteiger partial charge in [-0.25, -0.2) is 14.8 Å². The molecule has 0 spiro atoms. The number of benzene rings is 7. The number of aromatic nitrogens is 3. The van der Waals surface area contributed by atoms with E-state index in [4.69, 9.17) is 16.5 Å². The van der Waals surface area contributed by atoms with E-state index in [0.29, 0.717) is 11.5 Å². The standard InChI is InChI=1S/C47H30N4/c1-48-37-26-27-45-41(30-37)38-24-14-15-25-44(38)51(45)46-39(32-16-6-2-7-17-32)28-36(29-40(46)33-18-8-3-9-19-33)47-49-42(34-20-10-4-11-21-34)31-43(50-47)35-22-12-5-13-23-35/h2-31H. The van der Waals surface area contributed by atoms with Crippen LogP contribution in [0.3, 0.4) is 0 Å². The van der Waals surface area contributed by atoms with E-state index in [0.717, 1.165) is 77.8 Å². The van der Waals surface area contributed by atoms with Crippen LogP contribution in [-0.2, 0) is 0 Å². The largest absolute Gasteiger partial charge is 0.308 e. The fraction of sp³-hybridized carbons (Fsp3) is 0. The Labute approximate surface area is 296 Å². The second kappa shape index (κ2) is 12.7. The van der Waals surface area contributed by atoms with E-state index in [2.05, 4.69) is 143 Å². The quantitative estimate of drug-likeness (QED) is 0.168. The van der Waals surface area contributed by atoms with Gasteiger partial charge in [-0.1, -0.05) is 146 Å². The lowest BCUT2D eigenvalue weighted by atomic mass is 9.92. The van der Waals surface area contributed by atoms with Crippen molar-refractivity contribution in [2.75, 3.05) is 0 Å². The van der Waals surface area contributed by atoms with E-state index in [-0.39, 0.29) is 0 Å². The molecule has 4 heteroatoms. The lowest BCUT2D eigenvalue weighted by Gasteiger charge is -2.21. The van der Waals surface area contributed by atoms with Crippen LogP contribution in [0.1, 0.15) is 0 Å². The first-order valence-corrected chi connectivity index (χ1v) is 17.0. The maximum absolute atomic E-state index is 7.74. The lowest BCUT2D eigenvalue weighted by molar-refractivity contribution is 1.17. The maximum atomic E-state index is 7.74. The molecule has 7 aromatic carbocycles. The summed E-state index contributed by atoms with van der Waals surface area (Å²) < 4.78 is 2.36. The average molecular weight is 651 g/mol.